The van der Waals surface area contributed by atoms with Crippen LogP contribution in [0.25, 0.3) is 27.8 Å². The number of fused-ring (bicyclic) bond motifs is 3. The largest absolute Gasteiger partial charge is 0.422 e. The maximum absolute atomic E-state index is 12.2. The number of benzene rings is 2. The van der Waals surface area contributed by atoms with E-state index in [1.807, 2.05) is 43.3 Å². The summed E-state index contributed by atoms with van der Waals surface area (Å²) in [5.74, 6) is -0.265. The molecule has 124 valence electrons. The number of rotatable bonds is 1. The molecule has 6 heteroatoms. The number of thiocarbonyl (C=S) groups is 1. The van der Waals surface area contributed by atoms with E-state index in [1.165, 1.54) is 6.07 Å². The van der Waals surface area contributed by atoms with Crippen molar-refractivity contribution in [1.29, 1.82) is 0 Å². The Balaban J connectivity index is 1.98. The van der Waals surface area contributed by atoms with Crippen molar-refractivity contribution in [2.45, 2.75) is 13.0 Å². The lowest BCUT2D eigenvalue weighted by molar-refractivity contribution is -0.116. The van der Waals surface area contributed by atoms with Crippen LogP contribution >= 0.6 is 12.2 Å². The van der Waals surface area contributed by atoms with Gasteiger partial charge in [0.25, 0.3) is 5.91 Å². The lowest BCUT2D eigenvalue weighted by Gasteiger charge is -2.25. The Morgan fingerprint density at radius 3 is 2.72 bits per heavy atom. The fraction of sp³-hybridized carbons (Fsp3) is 0.105. The second kappa shape index (κ2) is 5.82. The quantitative estimate of drug-likeness (QED) is 0.306. The zero-order chi connectivity index (χ0) is 17.6. The Hall–Kier alpha value is -2.99. The minimum Gasteiger partial charge on any atom is -0.422 e. The van der Waals surface area contributed by atoms with Crippen molar-refractivity contribution in [2.75, 3.05) is 0 Å². The lowest BCUT2D eigenvalue weighted by atomic mass is 9.99. The summed E-state index contributed by atoms with van der Waals surface area (Å²) in [7, 11) is 0. The molecule has 1 saturated heterocycles. The van der Waals surface area contributed by atoms with Crippen molar-refractivity contribution in [3.8, 4) is 0 Å². The molecule has 0 bridgehead atoms. The average molecular weight is 350 g/mol. The molecule has 0 spiro atoms. The minimum atomic E-state index is -0.456. The first-order chi connectivity index (χ1) is 12.0. The third-order valence-corrected chi connectivity index (χ3v) is 4.50. The van der Waals surface area contributed by atoms with Crippen LogP contribution in [0.1, 0.15) is 12.5 Å². The van der Waals surface area contributed by atoms with Gasteiger partial charge >= 0.3 is 5.63 Å². The molecular formula is C19H14N2O3S. The van der Waals surface area contributed by atoms with Crippen LogP contribution in [-0.2, 0) is 4.79 Å². The van der Waals surface area contributed by atoms with E-state index in [-0.39, 0.29) is 11.9 Å². The molecule has 5 nitrogen and oxygen atoms in total. The summed E-state index contributed by atoms with van der Waals surface area (Å²) in [6.07, 6.45) is 1.71. The lowest BCUT2D eigenvalue weighted by Crippen LogP contribution is -2.52. The first-order valence-corrected chi connectivity index (χ1v) is 8.23. The van der Waals surface area contributed by atoms with Gasteiger partial charge in [-0.25, -0.2) is 4.79 Å². The van der Waals surface area contributed by atoms with Crippen LogP contribution in [-0.4, -0.2) is 17.1 Å². The van der Waals surface area contributed by atoms with Crippen molar-refractivity contribution in [3.05, 3.63) is 64.0 Å². The van der Waals surface area contributed by atoms with Crippen molar-refractivity contribution in [2.24, 2.45) is 0 Å². The summed E-state index contributed by atoms with van der Waals surface area (Å²) >= 11 is 4.99. The minimum absolute atomic E-state index is 0.246. The number of nitrogens with one attached hydrogen (secondary N) is 2. The Morgan fingerprint density at radius 1 is 1.12 bits per heavy atom. The highest BCUT2D eigenvalue weighted by Gasteiger charge is 2.24. The highest BCUT2D eigenvalue weighted by atomic mass is 32.1. The molecule has 3 aromatic rings. The van der Waals surface area contributed by atoms with Gasteiger partial charge < -0.3 is 9.73 Å². The van der Waals surface area contributed by atoms with Crippen LogP contribution in [0.4, 0.5) is 0 Å². The fourth-order valence-corrected chi connectivity index (χ4v) is 3.34. The summed E-state index contributed by atoms with van der Waals surface area (Å²) in [5.41, 5.74) is 1.21. The first-order valence-electron chi connectivity index (χ1n) is 7.82. The molecule has 0 saturated carbocycles. The molecular weight excluding hydrogens is 336 g/mol. The third-order valence-electron chi connectivity index (χ3n) is 4.28. The molecule has 1 aliphatic heterocycles. The van der Waals surface area contributed by atoms with Gasteiger partial charge in [0.05, 0.1) is 6.04 Å². The third kappa shape index (κ3) is 2.70. The summed E-state index contributed by atoms with van der Waals surface area (Å²) in [5, 5.41) is 8.51. The van der Waals surface area contributed by atoms with Crippen LogP contribution < -0.4 is 16.3 Å². The fourth-order valence-electron chi connectivity index (χ4n) is 3.07. The Kier molecular flexibility index (Phi) is 3.62. The molecule has 1 aliphatic rings. The second-order valence-corrected chi connectivity index (χ2v) is 6.34. The van der Waals surface area contributed by atoms with E-state index in [2.05, 4.69) is 10.6 Å². The number of carbonyl (C=O) groups is 1. The van der Waals surface area contributed by atoms with E-state index in [4.69, 9.17) is 16.6 Å². The van der Waals surface area contributed by atoms with Crippen molar-refractivity contribution < 1.29 is 9.21 Å². The Bertz CT molecular complexity index is 1130. The van der Waals surface area contributed by atoms with E-state index in [1.54, 1.807) is 6.08 Å². The van der Waals surface area contributed by atoms with Gasteiger partial charge in [0.1, 0.15) is 5.58 Å². The maximum Gasteiger partial charge on any atom is 0.336 e. The van der Waals surface area contributed by atoms with E-state index in [0.29, 0.717) is 21.8 Å². The summed E-state index contributed by atoms with van der Waals surface area (Å²) in [4.78, 5) is 24.3. The van der Waals surface area contributed by atoms with Gasteiger partial charge in [-0.15, -0.1) is 0 Å². The first kappa shape index (κ1) is 15.5. The summed E-state index contributed by atoms with van der Waals surface area (Å²) in [6, 6.07) is 12.7. The Morgan fingerprint density at radius 2 is 1.92 bits per heavy atom. The van der Waals surface area contributed by atoms with Crippen LogP contribution in [0, 0.1) is 0 Å². The standard InChI is InChI=1S/C19H14N2O3S/c1-10-15(18(23)21-19(25)20-10)8-12-9-16(22)24-17-13-5-3-2-4-11(13)6-7-14(12)17/h2-10H,1H3,(H2,20,21,23,25)/b15-8+. The van der Waals surface area contributed by atoms with Gasteiger partial charge in [0.2, 0.25) is 0 Å². The summed E-state index contributed by atoms with van der Waals surface area (Å²) < 4.78 is 5.45. The van der Waals surface area contributed by atoms with E-state index >= 15 is 0 Å². The van der Waals surface area contributed by atoms with Crippen LogP contribution in [0.5, 0.6) is 0 Å². The van der Waals surface area contributed by atoms with Gasteiger partial charge in [-0.3, -0.25) is 10.1 Å². The highest BCUT2D eigenvalue weighted by molar-refractivity contribution is 7.80. The molecule has 1 fully saturated rings. The van der Waals surface area contributed by atoms with Gasteiger partial charge in [-0.05, 0) is 42.2 Å². The Labute approximate surface area is 148 Å². The molecule has 1 amide bonds. The SMILES string of the molecule is CC1NC(=S)NC(=O)/C1=C/c1cc(=O)oc2c1ccc1ccccc12. The highest BCUT2D eigenvalue weighted by Crippen LogP contribution is 2.28. The van der Waals surface area contributed by atoms with Crippen molar-refractivity contribution in [3.63, 3.8) is 0 Å². The average Bonchev–Trinajstić information content (AvgIpc) is 2.57. The van der Waals surface area contributed by atoms with Gasteiger partial charge in [-0.2, -0.15) is 0 Å². The van der Waals surface area contributed by atoms with E-state index in [9.17, 15) is 9.59 Å². The molecule has 2 aromatic carbocycles. The molecule has 0 aliphatic carbocycles. The number of carbonyl (C=O) groups excluding carboxylic acids is 1. The normalized spacial score (nSPS) is 19.2. The van der Waals surface area contributed by atoms with Gasteiger partial charge in [-0.1, -0.05) is 30.3 Å². The topological polar surface area (TPSA) is 71.3 Å². The van der Waals surface area contributed by atoms with Crippen LogP contribution in [0.3, 0.4) is 0 Å². The predicted molar refractivity (Wildman–Crippen MR) is 101 cm³/mol. The van der Waals surface area contributed by atoms with Crippen molar-refractivity contribution in [1.82, 2.24) is 10.6 Å². The molecule has 1 unspecified atom stereocenters. The molecule has 1 aromatic heterocycles. The number of amides is 1. The van der Waals surface area contributed by atoms with Crippen LogP contribution in [0.15, 0.2) is 57.2 Å². The second-order valence-electron chi connectivity index (χ2n) is 5.93. The molecule has 0 radical (unpaired) electrons. The van der Waals surface area contributed by atoms with E-state index < -0.39 is 5.63 Å². The molecule has 2 N–H and O–H groups in total. The molecule has 25 heavy (non-hydrogen) atoms. The zero-order valence-corrected chi connectivity index (χ0v) is 14.1. The van der Waals surface area contributed by atoms with E-state index in [0.717, 1.165) is 16.2 Å². The van der Waals surface area contributed by atoms with Crippen LogP contribution in [0.2, 0.25) is 0 Å². The molecule has 1 atom stereocenters. The maximum atomic E-state index is 12.2. The van der Waals surface area contributed by atoms with Crippen molar-refractivity contribution >= 4 is 51.1 Å². The molecule has 2 heterocycles. The smallest absolute Gasteiger partial charge is 0.336 e. The monoisotopic (exact) mass is 350 g/mol. The number of hydrogen-bond donors (Lipinski definition) is 2. The molecule has 4 rings (SSSR count). The van der Waals surface area contributed by atoms with Gasteiger partial charge in [0.15, 0.2) is 5.11 Å². The number of hydrogen-bond acceptors (Lipinski definition) is 4. The van der Waals surface area contributed by atoms with Gasteiger partial charge in [0, 0.05) is 22.4 Å². The zero-order valence-electron chi connectivity index (χ0n) is 13.3. The summed E-state index contributed by atoms with van der Waals surface area (Å²) in [6.45, 7) is 1.85. The predicted octanol–water partition coefficient (Wildman–Crippen LogP) is 2.72.